The highest BCUT2D eigenvalue weighted by molar-refractivity contribution is 6.31. The number of imidazole rings is 1. The van der Waals surface area contributed by atoms with E-state index in [2.05, 4.69) is 20.3 Å². The normalized spacial score (nSPS) is 13.1. The van der Waals surface area contributed by atoms with Crippen molar-refractivity contribution in [3.63, 3.8) is 0 Å². The van der Waals surface area contributed by atoms with Crippen LogP contribution in [-0.4, -0.2) is 53.1 Å². The number of aromatic nitrogens is 2. The molecule has 0 radical (unpaired) electrons. The Morgan fingerprint density at radius 1 is 1.26 bits per heavy atom. The van der Waals surface area contributed by atoms with E-state index in [-0.39, 0.29) is 45.0 Å². The second-order valence-electron chi connectivity index (χ2n) is 7.45. The van der Waals surface area contributed by atoms with Gasteiger partial charge in [0, 0.05) is 18.7 Å². The molecular weight excluding hydrogens is 433 g/mol. The monoisotopic (exact) mass is 454 g/mol. The molecular formula is C20H22ClF3N6O. The first-order valence-electron chi connectivity index (χ1n) is 9.40. The quantitative estimate of drug-likeness (QED) is 0.243. The van der Waals surface area contributed by atoms with Gasteiger partial charge in [0.15, 0.2) is 17.5 Å². The number of rotatable bonds is 7. The van der Waals surface area contributed by atoms with E-state index in [1.807, 2.05) is 31.4 Å². The first-order chi connectivity index (χ1) is 14.7. The molecule has 1 atom stereocenters. The largest absolute Gasteiger partial charge is 0.355 e. The standard InChI is InChI=1S/C20H22ClF3N6O/c1-10(9-30(2)3)8-25-20-27-17-12(7-15(23)16(24)18(17)28-20)19(29-31)26-11-4-5-14(22)13(21)6-11/h4-7,10,31H,8-9H2,1-3H3,(H,26,29)(H2,25,27,28). The predicted octanol–water partition coefficient (Wildman–Crippen LogP) is 4.30. The summed E-state index contributed by atoms with van der Waals surface area (Å²) in [6, 6.07) is 4.53. The maximum absolute atomic E-state index is 14.4. The average Bonchev–Trinajstić information content (AvgIpc) is 3.14. The van der Waals surface area contributed by atoms with Gasteiger partial charge in [0.1, 0.15) is 11.3 Å². The molecule has 1 aromatic heterocycles. The molecule has 2 aromatic carbocycles. The second kappa shape index (κ2) is 9.54. The van der Waals surface area contributed by atoms with Crippen molar-refractivity contribution in [3.05, 3.63) is 52.3 Å². The highest BCUT2D eigenvalue weighted by Crippen LogP contribution is 2.27. The number of aromatic amines is 1. The Kier molecular flexibility index (Phi) is 7.04. The highest BCUT2D eigenvalue weighted by atomic mass is 35.5. The first-order valence-corrected chi connectivity index (χ1v) is 9.78. The van der Waals surface area contributed by atoms with Gasteiger partial charge in [-0.2, -0.15) is 0 Å². The van der Waals surface area contributed by atoms with E-state index in [4.69, 9.17) is 11.6 Å². The summed E-state index contributed by atoms with van der Waals surface area (Å²) >= 11 is 5.76. The third kappa shape index (κ3) is 5.27. The number of fused-ring (bicyclic) bond motifs is 1. The Bertz CT molecular complexity index is 1120. The van der Waals surface area contributed by atoms with E-state index in [1.54, 1.807) is 0 Å². The van der Waals surface area contributed by atoms with Crippen LogP contribution >= 0.6 is 11.6 Å². The van der Waals surface area contributed by atoms with E-state index >= 15 is 0 Å². The number of hydroxylamine groups is 1. The zero-order valence-corrected chi connectivity index (χ0v) is 17.9. The molecule has 4 N–H and O–H groups in total. The third-order valence-corrected chi connectivity index (χ3v) is 4.75. The van der Waals surface area contributed by atoms with Gasteiger partial charge in [0.05, 0.1) is 16.2 Å². The topological polar surface area (TPSA) is 88.6 Å². The SMILES string of the molecule is CC(CNc1nc2c(F)c(F)cc(C(=Nc3ccc(F)c(Cl)c3)NO)c2[nH]1)CN(C)C. The van der Waals surface area contributed by atoms with E-state index in [0.29, 0.717) is 6.54 Å². The van der Waals surface area contributed by atoms with Crippen LogP contribution in [0.5, 0.6) is 0 Å². The summed E-state index contributed by atoms with van der Waals surface area (Å²) in [5, 5.41) is 12.5. The van der Waals surface area contributed by atoms with Gasteiger partial charge >= 0.3 is 0 Å². The maximum Gasteiger partial charge on any atom is 0.201 e. The van der Waals surface area contributed by atoms with Gasteiger partial charge in [-0.25, -0.2) is 23.1 Å². The molecule has 7 nitrogen and oxygen atoms in total. The molecule has 1 unspecified atom stereocenters. The lowest BCUT2D eigenvalue weighted by atomic mass is 10.1. The van der Waals surface area contributed by atoms with Gasteiger partial charge < -0.3 is 15.2 Å². The molecule has 0 saturated heterocycles. The fourth-order valence-corrected chi connectivity index (χ4v) is 3.34. The number of hydrogen-bond donors (Lipinski definition) is 4. The average molecular weight is 455 g/mol. The molecule has 0 aliphatic heterocycles. The fraction of sp³-hybridized carbons (Fsp3) is 0.300. The van der Waals surface area contributed by atoms with Gasteiger partial charge in [0.2, 0.25) is 5.95 Å². The lowest BCUT2D eigenvalue weighted by Gasteiger charge is -2.16. The van der Waals surface area contributed by atoms with Crippen LogP contribution in [0.15, 0.2) is 29.3 Å². The van der Waals surface area contributed by atoms with Crippen LogP contribution in [0, 0.1) is 23.4 Å². The smallest absolute Gasteiger partial charge is 0.201 e. The van der Waals surface area contributed by atoms with Crippen molar-refractivity contribution >= 4 is 40.1 Å². The van der Waals surface area contributed by atoms with Gasteiger partial charge in [-0.15, -0.1) is 0 Å². The van der Waals surface area contributed by atoms with Crippen LogP contribution in [0.3, 0.4) is 0 Å². The second-order valence-corrected chi connectivity index (χ2v) is 7.86. The summed E-state index contributed by atoms with van der Waals surface area (Å²) in [6.45, 7) is 3.41. The minimum absolute atomic E-state index is 0.0266. The third-order valence-electron chi connectivity index (χ3n) is 4.46. The Hall–Kier alpha value is -2.82. The van der Waals surface area contributed by atoms with Crippen LogP contribution < -0.4 is 10.8 Å². The Morgan fingerprint density at radius 2 is 2.00 bits per heavy atom. The van der Waals surface area contributed by atoms with Crippen LogP contribution in [0.4, 0.5) is 24.8 Å². The van der Waals surface area contributed by atoms with Crippen LogP contribution in [0.1, 0.15) is 12.5 Å². The number of nitrogens with one attached hydrogen (secondary N) is 3. The van der Waals surface area contributed by atoms with Crippen LogP contribution in [0.2, 0.25) is 5.02 Å². The Labute approximate surface area is 181 Å². The molecule has 0 aliphatic carbocycles. The van der Waals surface area contributed by atoms with E-state index in [1.165, 1.54) is 12.1 Å². The highest BCUT2D eigenvalue weighted by Gasteiger charge is 2.20. The molecule has 3 aromatic rings. The van der Waals surface area contributed by atoms with E-state index in [9.17, 15) is 18.4 Å². The zero-order chi connectivity index (χ0) is 22.7. The molecule has 11 heteroatoms. The summed E-state index contributed by atoms with van der Waals surface area (Å²) < 4.78 is 42.0. The van der Waals surface area contributed by atoms with Gasteiger partial charge in [-0.05, 0) is 44.3 Å². The van der Waals surface area contributed by atoms with E-state index in [0.717, 1.165) is 18.7 Å². The number of H-pyrrole nitrogens is 1. The van der Waals surface area contributed by atoms with Crippen molar-refractivity contribution in [2.45, 2.75) is 6.92 Å². The van der Waals surface area contributed by atoms with E-state index < -0.39 is 17.5 Å². The summed E-state index contributed by atoms with van der Waals surface area (Å²) in [6.07, 6.45) is 0. The minimum Gasteiger partial charge on any atom is -0.355 e. The van der Waals surface area contributed by atoms with Crippen LogP contribution in [-0.2, 0) is 0 Å². The lowest BCUT2D eigenvalue weighted by molar-refractivity contribution is 0.235. The van der Waals surface area contributed by atoms with Crippen molar-refractivity contribution in [1.29, 1.82) is 0 Å². The molecule has 0 saturated carbocycles. The minimum atomic E-state index is -1.17. The number of benzene rings is 2. The molecule has 0 fully saturated rings. The van der Waals surface area contributed by atoms with Crippen molar-refractivity contribution in [1.82, 2.24) is 20.3 Å². The fourth-order valence-electron chi connectivity index (χ4n) is 3.16. The van der Waals surface area contributed by atoms with Crippen molar-refractivity contribution in [3.8, 4) is 0 Å². The van der Waals surface area contributed by atoms with Crippen molar-refractivity contribution in [2.75, 3.05) is 32.5 Å². The molecule has 31 heavy (non-hydrogen) atoms. The summed E-state index contributed by atoms with van der Waals surface area (Å²) in [4.78, 5) is 13.2. The Morgan fingerprint density at radius 3 is 2.65 bits per heavy atom. The summed E-state index contributed by atoms with van der Waals surface area (Å²) in [7, 11) is 3.92. The van der Waals surface area contributed by atoms with Crippen molar-refractivity contribution in [2.24, 2.45) is 10.9 Å². The molecule has 0 amide bonds. The molecule has 0 spiro atoms. The van der Waals surface area contributed by atoms with Gasteiger partial charge in [-0.3, -0.25) is 10.7 Å². The molecule has 0 bridgehead atoms. The van der Waals surface area contributed by atoms with Crippen LogP contribution in [0.25, 0.3) is 11.0 Å². The molecule has 3 rings (SSSR count). The summed E-state index contributed by atoms with van der Waals surface area (Å²) in [5.74, 6) is -2.63. The number of halogens is 4. The lowest BCUT2D eigenvalue weighted by Crippen LogP contribution is -2.25. The predicted molar refractivity (Wildman–Crippen MR) is 115 cm³/mol. The Balaban J connectivity index is 2.00. The maximum atomic E-state index is 14.4. The number of anilines is 1. The number of aliphatic imine (C=N–C) groups is 1. The number of hydrogen-bond acceptors (Lipinski definition) is 5. The molecule has 1 heterocycles. The van der Waals surface area contributed by atoms with Gasteiger partial charge in [0.25, 0.3) is 0 Å². The van der Waals surface area contributed by atoms with Crippen molar-refractivity contribution < 1.29 is 18.4 Å². The summed E-state index contributed by atoms with van der Waals surface area (Å²) in [5.41, 5.74) is 1.96. The van der Waals surface area contributed by atoms with Gasteiger partial charge in [-0.1, -0.05) is 18.5 Å². The zero-order valence-electron chi connectivity index (χ0n) is 17.1. The first kappa shape index (κ1) is 22.9. The molecule has 0 aliphatic rings. The number of amidine groups is 1. The number of nitrogens with zero attached hydrogens (tertiary/aromatic N) is 3. The molecule has 166 valence electrons.